The van der Waals surface area contributed by atoms with Crippen LogP contribution in [0.1, 0.15) is 24.0 Å². The molecule has 31 heavy (non-hydrogen) atoms. The van der Waals surface area contributed by atoms with Crippen LogP contribution in [0, 0.1) is 12.8 Å². The maximum absolute atomic E-state index is 12.9. The Bertz CT molecular complexity index is 1010. The first-order chi connectivity index (χ1) is 14.8. The molecule has 1 aliphatic heterocycles. The number of rotatable bonds is 8. The summed E-state index contributed by atoms with van der Waals surface area (Å²) in [5.41, 5.74) is 2.09. The molecule has 1 saturated heterocycles. The number of hydrogen-bond acceptors (Lipinski definition) is 4. The van der Waals surface area contributed by atoms with E-state index in [2.05, 4.69) is 5.32 Å². The smallest absolute Gasteiger partial charge is 0.243 e. The first-order valence-corrected chi connectivity index (χ1v) is 13.5. The van der Waals surface area contributed by atoms with Crippen LogP contribution in [0.4, 0.5) is 0 Å². The zero-order chi connectivity index (χ0) is 22.4. The van der Waals surface area contributed by atoms with Crippen LogP contribution in [0.25, 0.3) is 0 Å². The number of nitrogens with zero attached hydrogens (tertiary/aromatic N) is 1. The number of amides is 1. The van der Waals surface area contributed by atoms with Crippen molar-refractivity contribution in [3.05, 3.63) is 63.6 Å². The molecule has 0 spiro atoms. The van der Waals surface area contributed by atoms with E-state index in [-0.39, 0.29) is 23.3 Å². The van der Waals surface area contributed by atoms with Crippen molar-refractivity contribution in [2.75, 3.05) is 25.4 Å². The highest BCUT2D eigenvalue weighted by Gasteiger charge is 2.33. The van der Waals surface area contributed by atoms with Crippen molar-refractivity contribution in [2.45, 2.75) is 30.4 Å². The molecule has 0 bridgehead atoms. The van der Waals surface area contributed by atoms with Gasteiger partial charge in [-0.05, 0) is 49.6 Å². The van der Waals surface area contributed by atoms with Crippen molar-refractivity contribution in [3.63, 3.8) is 0 Å². The lowest BCUT2D eigenvalue weighted by molar-refractivity contribution is -0.125. The number of halogens is 2. The van der Waals surface area contributed by atoms with Gasteiger partial charge in [-0.25, -0.2) is 8.42 Å². The van der Waals surface area contributed by atoms with E-state index in [4.69, 9.17) is 23.2 Å². The van der Waals surface area contributed by atoms with E-state index in [9.17, 15) is 13.2 Å². The van der Waals surface area contributed by atoms with E-state index in [1.165, 1.54) is 4.31 Å². The molecule has 2 aromatic rings. The van der Waals surface area contributed by atoms with Gasteiger partial charge in [0.2, 0.25) is 15.9 Å². The first-order valence-electron chi connectivity index (χ1n) is 10.1. The van der Waals surface area contributed by atoms with Crippen LogP contribution in [0.2, 0.25) is 10.0 Å². The average molecular weight is 502 g/mol. The molecule has 1 heterocycles. The lowest BCUT2D eigenvalue weighted by Crippen LogP contribution is -2.45. The van der Waals surface area contributed by atoms with Gasteiger partial charge in [-0.15, -0.1) is 0 Å². The number of nitrogens with one attached hydrogen (secondary N) is 1. The topological polar surface area (TPSA) is 66.5 Å². The van der Waals surface area contributed by atoms with Crippen molar-refractivity contribution in [3.8, 4) is 0 Å². The van der Waals surface area contributed by atoms with E-state index in [1.54, 1.807) is 42.1 Å². The molecule has 2 aromatic carbocycles. The molecule has 1 N–H and O–H groups in total. The van der Waals surface area contributed by atoms with Gasteiger partial charge in [0, 0.05) is 31.1 Å². The van der Waals surface area contributed by atoms with Gasteiger partial charge >= 0.3 is 0 Å². The number of piperidine rings is 1. The summed E-state index contributed by atoms with van der Waals surface area (Å²) in [6, 6.07) is 12.4. The number of aryl methyl sites for hydroxylation is 1. The average Bonchev–Trinajstić information content (AvgIpc) is 2.76. The fraction of sp³-hybridized carbons (Fsp3) is 0.409. The van der Waals surface area contributed by atoms with Crippen LogP contribution in [0.5, 0.6) is 0 Å². The van der Waals surface area contributed by atoms with Crippen LogP contribution in [-0.2, 0) is 20.6 Å². The van der Waals surface area contributed by atoms with E-state index in [1.807, 2.05) is 19.1 Å². The summed E-state index contributed by atoms with van der Waals surface area (Å²) in [7, 11) is -3.58. The maximum Gasteiger partial charge on any atom is 0.243 e. The molecule has 1 amide bonds. The molecule has 0 aliphatic carbocycles. The quantitative estimate of drug-likeness (QED) is 0.530. The third-order valence-corrected chi connectivity index (χ3v) is 8.86. The fourth-order valence-corrected chi connectivity index (χ4v) is 6.09. The van der Waals surface area contributed by atoms with Gasteiger partial charge in [0.1, 0.15) is 0 Å². The highest BCUT2D eigenvalue weighted by Crippen LogP contribution is 2.25. The second kappa shape index (κ2) is 11.1. The van der Waals surface area contributed by atoms with Crippen LogP contribution < -0.4 is 5.32 Å². The van der Waals surface area contributed by atoms with Gasteiger partial charge in [-0.1, -0.05) is 47.0 Å². The lowest BCUT2D eigenvalue weighted by Gasteiger charge is -2.31. The third-order valence-electron chi connectivity index (χ3n) is 5.21. The molecule has 9 heteroatoms. The van der Waals surface area contributed by atoms with Crippen LogP contribution in [-0.4, -0.2) is 44.0 Å². The molecule has 168 valence electrons. The molecule has 5 nitrogen and oxygen atoms in total. The van der Waals surface area contributed by atoms with E-state index in [0.29, 0.717) is 36.0 Å². The minimum absolute atomic E-state index is 0.0843. The summed E-state index contributed by atoms with van der Waals surface area (Å²) in [6.07, 6.45) is 1.37. The SMILES string of the molecule is Cc1ccc(S(=O)(=O)N2CCC[C@@H](C(=O)NCCSCc3ccc(Cl)c(Cl)c3)C2)cc1. The standard InChI is InChI=1S/C22H26Cl2N2O3S2/c1-16-4-7-19(8-5-16)31(28,29)26-11-2-3-18(14-26)22(27)25-10-12-30-15-17-6-9-20(23)21(24)13-17/h4-9,13,18H,2-3,10-12,14-15H2,1H3,(H,25,27)/t18-/m1/s1. The minimum atomic E-state index is -3.58. The highest BCUT2D eigenvalue weighted by molar-refractivity contribution is 7.98. The van der Waals surface area contributed by atoms with Crippen LogP contribution in [0.3, 0.4) is 0 Å². The predicted octanol–water partition coefficient (Wildman–Crippen LogP) is 4.75. The van der Waals surface area contributed by atoms with Crippen molar-refractivity contribution in [1.29, 1.82) is 0 Å². The number of benzene rings is 2. The maximum atomic E-state index is 12.9. The van der Waals surface area contributed by atoms with Gasteiger partial charge in [0.05, 0.1) is 20.9 Å². The summed E-state index contributed by atoms with van der Waals surface area (Å²) in [5, 5.41) is 4.02. The van der Waals surface area contributed by atoms with Crippen molar-refractivity contribution in [1.82, 2.24) is 9.62 Å². The summed E-state index contributed by atoms with van der Waals surface area (Å²) in [5.74, 6) is 1.12. The molecule has 0 radical (unpaired) electrons. The third kappa shape index (κ3) is 6.62. The Morgan fingerprint density at radius 3 is 2.61 bits per heavy atom. The van der Waals surface area contributed by atoms with Gasteiger partial charge < -0.3 is 5.32 Å². The first kappa shape index (κ1) is 24.4. The highest BCUT2D eigenvalue weighted by atomic mass is 35.5. The number of carbonyl (C=O) groups is 1. The second-order valence-electron chi connectivity index (χ2n) is 7.61. The van der Waals surface area contributed by atoms with Gasteiger partial charge in [0.25, 0.3) is 0 Å². The number of hydrogen-bond donors (Lipinski definition) is 1. The molecular weight excluding hydrogens is 475 g/mol. The van der Waals surface area contributed by atoms with Gasteiger partial charge in [0.15, 0.2) is 0 Å². The Morgan fingerprint density at radius 2 is 1.90 bits per heavy atom. The summed E-state index contributed by atoms with van der Waals surface area (Å²) >= 11 is 13.6. The Hall–Kier alpha value is -1.25. The summed E-state index contributed by atoms with van der Waals surface area (Å²) in [4.78, 5) is 12.9. The summed E-state index contributed by atoms with van der Waals surface area (Å²) in [6.45, 7) is 3.12. The fourth-order valence-electron chi connectivity index (χ4n) is 3.44. The number of thioether (sulfide) groups is 1. The molecule has 1 atom stereocenters. The molecule has 1 fully saturated rings. The van der Waals surface area contributed by atoms with E-state index < -0.39 is 10.0 Å². The summed E-state index contributed by atoms with van der Waals surface area (Å²) < 4.78 is 27.3. The number of sulfonamides is 1. The normalized spacial score (nSPS) is 17.5. The molecule has 3 rings (SSSR count). The molecule has 1 aliphatic rings. The Labute approximate surface area is 198 Å². The molecule has 0 aromatic heterocycles. The molecular formula is C22H26Cl2N2O3S2. The van der Waals surface area contributed by atoms with Crippen molar-refractivity contribution < 1.29 is 13.2 Å². The Kier molecular flexibility index (Phi) is 8.70. The van der Waals surface area contributed by atoms with Crippen molar-refractivity contribution >= 4 is 50.9 Å². The zero-order valence-electron chi connectivity index (χ0n) is 17.3. The second-order valence-corrected chi connectivity index (χ2v) is 11.5. The Balaban J connectivity index is 1.46. The largest absolute Gasteiger partial charge is 0.355 e. The van der Waals surface area contributed by atoms with Crippen molar-refractivity contribution in [2.24, 2.45) is 5.92 Å². The Morgan fingerprint density at radius 1 is 1.16 bits per heavy atom. The monoisotopic (exact) mass is 500 g/mol. The van der Waals surface area contributed by atoms with Crippen LogP contribution >= 0.6 is 35.0 Å². The molecule has 0 saturated carbocycles. The lowest BCUT2D eigenvalue weighted by atomic mass is 9.99. The van der Waals surface area contributed by atoms with E-state index >= 15 is 0 Å². The van der Waals surface area contributed by atoms with Gasteiger partial charge in [-0.2, -0.15) is 16.1 Å². The predicted molar refractivity (Wildman–Crippen MR) is 128 cm³/mol. The zero-order valence-corrected chi connectivity index (χ0v) is 20.5. The van der Waals surface area contributed by atoms with E-state index in [0.717, 1.165) is 22.6 Å². The van der Waals surface area contributed by atoms with Crippen LogP contribution in [0.15, 0.2) is 47.4 Å². The van der Waals surface area contributed by atoms with Gasteiger partial charge in [-0.3, -0.25) is 4.79 Å². The number of carbonyl (C=O) groups excluding carboxylic acids is 1. The molecule has 0 unspecified atom stereocenters. The minimum Gasteiger partial charge on any atom is -0.355 e.